The van der Waals surface area contributed by atoms with Gasteiger partial charge in [-0.1, -0.05) is 35.7 Å². The van der Waals surface area contributed by atoms with Crippen molar-refractivity contribution in [1.82, 2.24) is 35.2 Å². The Hall–Kier alpha value is -2.24. The first-order valence-corrected chi connectivity index (χ1v) is 12.3. The molecular formula is C19H21N7OS3. The highest BCUT2D eigenvalue weighted by atomic mass is 32.2. The van der Waals surface area contributed by atoms with Crippen LogP contribution in [0.1, 0.15) is 12.1 Å². The maximum absolute atomic E-state index is 5.69. The summed E-state index contributed by atoms with van der Waals surface area (Å²) in [5.41, 5.74) is 2.94. The summed E-state index contributed by atoms with van der Waals surface area (Å²) >= 11 is 5.08. The van der Waals surface area contributed by atoms with Crippen molar-refractivity contribution in [1.29, 1.82) is 0 Å². The molecule has 8 nitrogen and oxygen atoms in total. The van der Waals surface area contributed by atoms with Crippen molar-refractivity contribution in [3.63, 3.8) is 0 Å². The molecule has 0 saturated carbocycles. The van der Waals surface area contributed by atoms with Gasteiger partial charge >= 0.3 is 0 Å². The summed E-state index contributed by atoms with van der Waals surface area (Å²) < 4.78 is 7.38. The zero-order valence-corrected chi connectivity index (χ0v) is 19.1. The average Bonchev–Trinajstić information content (AvgIpc) is 3.37. The minimum absolute atomic E-state index is 0.687. The number of pyridine rings is 1. The van der Waals surface area contributed by atoms with Gasteiger partial charge in [0.2, 0.25) is 5.16 Å². The summed E-state index contributed by atoms with van der Waals surface area (Å²) in [7, 11) is 3.55. The topological polar surface area (TPSA) is 94.4 Å². The molecule has 3 heterocycles. The quantitative estimate of drug-likeness (QED) is 0.278. The highest BCUT2D eigenvalue weighted by Crippen LogP contribution is 2.35. The molecule has 0 unspecified atom stereocenters. The molecule has 0 saturated heterocycles. The predicted molar refractivity (Wildman–Crippen MR) is 121 cm³/mol. The van der Waals surface area contributed by atoms with Crippen molar-refractivity contribution in [2.75, 3.05) is 18.6 Å². The normalized spacial score (nSPS) is 11.3. The van der Waals surface area contributed by atoms with Gasteiger partial charge in [-0.15, -0.1) is 16.9 Å². The number of hydrogen-bond acceptors (Lipinski definition) is 9. The number of thioether (sulfide) groups is 3. The number of nitrogens with zero attached hydrogens (tertiary/aromatic N) is 6. The molecule has 0 fully saturated rings. The predicted octanol–water partition coefficient (Wildman–Crippen LogP) is 4.06. The Morgan fingerprint density at radius 2 is 1.97 bits per heavy atom. The van der Waals surface area contributed by atoms with Crippen molar-refractivity contribution < 1.29 is 4.74 Å². The lowest BCUT2D eigenvalue weighted by Crippen LogP contribution is -1.97. The molecule has 0 aliphatic rings. The van der Waals surface area contributed by atoms with Crippen LogP contribution in [0.4, 0.5) is 0 Å². The Labute approximate surface area is 187 Å². The smallest absolute Gasteiger partial charge is 0.209 e. The van der Waals surface area contributed by atoms with Crippen LogP contribution in [0, 0.1) is 0 Å². The van der Waals surface area contributed by atoms with Crippen molar-refractivity contribution in [2.24, 2.45) is 7.05 Å². The molecule has 4 rings (SSSR count). The molecule has 0 aliphatic carbocycles. The van der Waals surface area contributed by atoms with Crippen LogP contribution in [0.25, 0.3) is 11.0 Å². The van der Waals surface area contributed by atoms with Gasteiger partial charge in [-0.25, -0.2) is 9.67 Å². The summed E-state index contributed by atoms with van der Waals surface area (Å²) in [4.78, 5) is 13.6. The van der Waals surface area contributed by atoms with Gasteiger partial charge in [0.1, 0.15) is 0 Å². The number of methoxy groups -OCH3 is 1. The molecule has 3 aromatic heterocycles. The van der Waals surface area contributed by atoms with Crippen LogP contribution >= 0.6 is 35.3 Å². The summed E-state index contributed by atoms with van der Waals surface area (Å²) in [5.74, 6) is 3.47. The third-order valence-electron chi connectivity index (χ3n) is 4.22. The van der Waals surface area contributed by atoms with E-state index in [1.807, 2.05) is 43.6 Å². The molecule has 0 aliphatic heterocycles. The third-order valence-corrected chi connectivity index (χ3v) is 7.32. The van der Waals surface area contributed by atoms with Gasteiger partial charge in [-0.05, 0) is 40.8 Å². The molecule has 0 bridgehead atoms. The molecule has 156 valence electrons. The molecule has 0 radical (unpaired) electrons. The van der Waals surface area contributed by atoms with Crippen LogP contribution in [0.2, 0.25) is 0 Å². The van der Waals surface area contributed by atoms with Crippen LogP contribution in [-0.4, -0.2) is 53.8 Å². The summed E-state index contributed by atoms with van der Waals surface area (Å²) in [6.45, 7) is 0. The second-order valence-corrected chi connectivity index (χ2v) is 9.44. The Bertz CT molecular complexity index is 1080. The minimum atomic E-state index is 0.687. The Morgan fingerprint density at radius 3 is 2.77 bits per heavy atom. The Morgan fingerprint density at radius 1 is 1.10 bits per heavy atom. The van der Waals surface area contributed by atoms with Crippen molar-refractivity contribution in [3.8, 4) is 5.75 Å². The highest BCUT2D eigenvalue weighted by molar-refractivity contribution is 8.00. The summed E-state index contributed by atoms with van der Waals surface area (Å²) in [5, 5.41) is 13.2. The molecule has 0 spiro atoms. The van der Waals surface area contributed by atoms with Crippen molar-refractivity contribution in [3.05, 3.63) is 42.2 Å². The van der Waals surface area contributed by atoms with E-state index in [1.165, 1.54) is 0 Å². The second-order valence-electron chi connectivity index (χ2n) is 6.27. The van der Waals surface area contributed by atoms with Gasteiger partial charge < -0.3 is 9.72 Å². The van der Waals surface area contributed by atoms with E-state index in [4.69, 9.17) is 4.74 Å². The zero-order chi connectivity index (χ0) is 20.8. The van der Waals surface area contributed by atoms with E-state index < -0.39 is 0 Å². The van der Waals surface area contributed by atoms with Gasteiger partial charge in [-0.3, -0.25) is 4.98 Å². The first-order valence-electron chi connectivity index (χ1n) is 9.32. The van der Waals surface area contributed by atoms with E-state index in [-0.39, 0.29) is 0 Å². The maximum atomic E-state index is 5.69. The lowest BCUT2D eigenvalue weighted by atomic mass is 10.3. The molecule has 1 N–H and O–H groups in total. The fraction of sp³-hybridized carbons (Fsp3) is 0.316. The molecule has 1 aromatic carbocycles. The fourth-order valence-electron chi connectivity index (χ4n) is 2.79. The van der Waals surface area contributed by atoms with Crippen LogP contribution in [-0.2, 0) is 12.8 Å². The molecule has 0 amide bonds. The largest absolute Gasteiger partial charge is 0.494 e. The minimum Gasteiger partial charge on any atom is -0.494 e. The van der Waals surface area contributed by atoms with Gasteiger partial charge in [0.25, 0.3) is 0 Å². The number of hydrogen-bond donors (Lipinski definition) is 1. The lowest BCUT2D eigenvalue weighted by Gasteiger charge is -2.11. The van der Waals surface area contributed by atoms with E-state index in [2.05, 4.69) is 30.5 Å². The van der Waals surface area contributed by atoms with E-state index in [1.54, 1.807) is 47.1 Å². The van der Waals surface area contributed by atoms with Crippen LogP contribution in [0.5, 0.6) is 5.75 Å². The number of benzene rings is 1. The third kappa shape index (κ3) is 5.08. The molecule has 0 atom stereocenters. The van der Waals surface area contributed by atoms with Crippen LogP contribution in [0.3, 0.4) is 0 Å². The Balaban J connectivity index is 1.33. The number of tetrazole rings is 1. The molecule has 30 heavy (non-hydrogen) atoms. The van der Waals surface area contributed by atoms with E-state index in [0.29, 0.717) is 5.75 Å². The number of H-pyrrole nitrogens is 1. The Kier molecular flexibility index (Phi) is 7.13. The number of ether oxygens (including phenoxy) is 1. The summed E-state index contributed by atoms with van der Waals surface area (Å²) in [6, 6.07) is 10.0. The number of fused-ring (bicyclic) bond motifs is 1. The number of aryl methyl sites for hydroxylation is 1. The fourth-order valence-corrected chi connectivity index (χ4v) is 5.58. The summed E-state index contributed by atoms with van der Waals surface area (Å²) in [6.07, 6.45) is 2.89. The molecule has 11 heteroatoms. The first kappa shape index (κ1) is 21.0. The molecule has 4 aromatic rings. The van der Waals surface area contributed by atoms with Gasteiger partial charge in [0.15, 0.2) is 10.9 Å². The monoisotopic (exact) mass is 459 g/mol. The standard InChI is InChI=1S/C19H21N7OS3/c1-26-19(23-24-25-26)29-11-5-10-28-16-8-9-20-15(17(16)27-2)12-30-18-21-13-6-3-4-7-14(13)22-18/h3-4,6-9H,5,10-12H2,1-2H3,(H,21,22). The van der Waals surface area contributed by atoms with Crippen molar-refractivity contribution in [2.45, 2.75) is 27.4 Å². The van der Waals surface area contributed by atoms with Crippen LogP contribution in [0.15, 0.2) is 51.7 Å². The number of aromatic nitrogens is 7. The van der Waals surface area contributed by atoms with Gasteiger partial charge in [0.05, 0.1) is 28.7 Å². The number of aromatic amines is 1. The lowest BCUT2D eigenvalue weighted by molar-refractivity contribution is 0.398. The number of nitrogens with one attached hydrogen (secondary N) is 1. The van der Waals surface area contributed by atoms with E-state index in [0.717, 1.165) is 55.6 Å². The zero-order valence-electron chi connectivity index (χ0n) is 16.6. The average molecular weight is 460 g/mol. The van der Waals surface area contributed by atoms with E-state index >= 15 is 0 Å². The first-order chi connectivity index (χ1) is 14.7. The number of para-hydroxylation sites is 2. The SMILES string of the molecule is COc1c(SCCCSc2nnnn2C)ccnc1CSc1nc2ccccc2[nH]1. The maximum Gasteiger partial charge on any atom is 0.209 e. The van der Waals surface area contributed by atoms with Gasteiger partial charge in [0, 0.05) is 24.8 Å². The van der Waals surface area contributed by atoms with Crippen LogP contribution < -0.4 is 4.74 Å². The van der Waals surface area contributed by atoms with Gasteiger partial charge in [-0.2, -0.15) is 0 Å². The number of rotatable bonds is 10. The highest BCUT2D eigenvalue weighted by Gasteiger charge is 2.13. The number of imidazole rings is 1. The molecular weight excluding hydrogens is 438 g/mol. The van der Waals surface area contributed by atoms with Crippen molar-refractivity contribution >= 4 is 46.3 Å². The van der Waals surface area contributed by atoms with E-state index in [9.17, 15) is 0 Å². The second kappa shape index (κ2) is 10.2.